The molecule has 0 saturated carbocycles. The van der Waals surface area contributed by atoms with Gasteiger partial charge in [-0.1, -0.05) is 23.7 Å². The van der Waals surface area contributed by atoms with Crippen molar-refractivity contribution in [2.24, 2.45) is 0 Å². The van der Waals surface area contributed by atoms with Gasteiger partial charge >= 0.3 is 0 Å². The standard InChI is InChI=1S/C18H17ClN4OS/c1-11-5-3-8-16(20-11)23-18-21-13(10-25-18)9-17(24)22-15-7-4-6-14(19)12(15)2/h3-8,10H,9H2,1-2H3,(H,22,24)(H,20,21,23). The summed E-state index contributed by atoms with van der Waals surface area (Å²) in [7, 11) is 0. The number of thiazole rings is 1. The molecule has 0 aliphatic rings. The number of amides is 1. The van der Waals surface area contributed by atoms with Gasteiger partial charge in [-0.05, 0) is 43.7 Å². The maximum Gasteiger partial charge on any atom is 0.230 e. The van der Waals surface area contributed by atoms with Crippen molar-refractivity contribution < 1.29 is 4.79 Å². The third-order valence-corrected chi connectivity index (χ3v) is 4.77. The van der Waals surface area contributed by atoms with Gasteiger partial charge in [0, 0.05) is 21.8 Å². The number of benzene rings is 1. The number of rotatable bonds is 5. The van der Waals surface area contributed by atoms with Crippen LogP contribution in [0, 0.1) is 13.8 Å². The van der Waals surface area contributed by atoms with Gasteiger partial charge in [-0.15, -0.1) is 11.3 Å². The number of hydrogen-bond donors (Lipinski definition) is 2. The molecule has 0 atom stereocenters. The lowest BCUT2D eigenvalue weighted by atomic mass is 10.2. The van der Waals surface area contributed by atoms with Crippen LogP contribution in [0.5, 0.6) is 0 Å². The molecule has 5 nitrogen and oxygen atoms in total. The second-order valence-corrected chi connectivity index (χ2v) is 6.84. The smallest absolute Gasteiger partial charge is 0.230 e. The molecule has 3 aromatic rings. The van der Waals surface area contributed by atoms with E-state index in [2.05, 4.69) is 20.6 Å². The fraction of sp³-hybridized carbons (Fsp3) is 0.167. The molecule has 0 aliphatic carbocycles. The highest BCUT2D eigenvalue weighted by Crippen LogP contribution is 2.24. The van der Waals surface area contributed by atoms with Crippen LogP contribution < -0.4 is 10.6 Å². The maximum absolute atomic E-state index is 12.2. The van der Waals surface area contributed by atoms with Crippen molar-refractivity contribution in [3.63, 3.8) is 0 Å². The van der Waals surface area contributed by atoms with Crippen LogP contribution in [0.25, 0.3) is 0 Å². The zero-order valence-electron chi connectivity index (χ0n) is 13.8. The first kappa shape index (κ1) is 17.4. The van der Waals surface area contributed by atoms with Gasteiger partial charge in [0.05, 0.1) is 12.1 Å². The minimum Gasteiger partial charge on any atom is -0.325 e. The second kappa shape index (κ2) is 7.63. The lowest BCUT2D eigenvalue weighted by molar-refractivity contribution is -0.115. The topological polar surface area (TPSA) is 66.9 Å². The van der Waals surface area contributed by atoms with Crippen LogP contribution in [0.2, 0.25) is 5.02 Å². The molecule has 7 heteroatoms. The van der Waals surface area contributed by atoms with Gasteiger partial charge in [-0.3, -0.25) is 4.79 Å². The van der Waals surface area contributed by atoms with Crippen molar-refractivity contribution >= 4 is 45.5 Å². The van der Waals surface area contributed by atoms with E-state index in [1.54, 1.807) is 6.07 Å². The van der Waals surface area contributed by atoms with Gasteiger partial charge in [0.2, 0.25) is 5.91 Å². The summed E-state index contributed by atoms with van der Waals surface area (Å²) in [6.45, 7) is 3.80. The van der Waals surface area contributed by atoms with E-state index in [0.717, 1.165) is 22.8 Å². The molecule has 0 aliphatic heterocycles. The maximum atomic E-state index is 12.2. The Morgan fingerprint density at radius 3 is 2.76 bits per heavy atom. The quantitative estimate of drug-likeness (QED) is 0.679. The van der Waals surface area contributed by atoms with Gasteiger partial charge in [0.15, 0.2) is 5.13 Å². The van der Waals surface area contributed by atoms with Gasteiger partial charge in [-0.2, -0.15) is 0 Å². The largest absolute Gasteiger partial charge is 0.325 e. The Balaban J connectivity index is 1.63. The number of nitrogens with one attached hydrogen (secondary N) is 2. The number of nitrogens with zero attached hydrogens (tertiary/aromatic N) is 2. The molecular weight excluding hydrogens is 356 g/mol. The normalized spacial score (nSPS) is 10.5. The summed E-state index contributed by atoms with van der Waals surface area (Å²) in [4.78, 5) is 21.0. The van der Waals surface area contributed by atoms with Crippen molar-refractivity contribution in [2.75, 3.05) is 10.6 Å². The lowest BCUT2D eigenvalue weighted by Gasteiger charge is -2.08. The lowest BCUT2D eigenvalue weighted by Crippen LogP contribution is -2.15. The van der Waals surface area contributed by atoms with E-state index in [9.17, 15) is 4.79 Å². The fourth-order valence-electron chi connectivity index (χ4n) is 2.27. The molecule has 2 N–H and O–H groups in total. The van der Waals surface area contributed by atoms with E-state index in [0.29, 0.717) is 15.8 Å². The monoisotopic (exact) mass is 372 g/mol. The Morgan fingerprint density at radius 2 is 1.96 bits per heavy atom. The molecule has 0 radical (unpaired) electrons. The van der Waals surface area contributed by atoms with Gasteiger partial charge in [-0.25, -0.2) is 9.97 Å². The first-order valence-electron chi connectivity index (χ1n) is 7.71. The molecule has 1 amide bonds. The van der Waals surface area contributed by atoms with Crippen molar-refractivity contribution in [2.45, 2.75) is 20.3 Å². The zero-order chi connectivity index (χ0) is 17.8. The van der Waals surface area contributed by atoms with E-state index < -0.39 is 0 Å². The Bertz CT molecular complexity index is 910. The summed E-state index contributed by atoms with van der Waals surface area (Å²) in [6.07, 6.45) is 0.200. The SMILES string of the molecule is Cc1cccc(Nc2nc(CC(=O)Nc3cccc(Cl)c3C)cs2)n1. The average Bonchev–Trinajstić information content (AvgIpc) is 2.98. The Labute approximate surface area is 155 Å². The summed E-state index contributed by atoms with van der Waals surface area (Å²) in [5, 5.41) is 9.23. The summed E-state index contributed by atoms with van der Waals surface area (Å²) in [5.74, 6) is 0.607. The molecule has 3 rings (SSSR count). The van der Waals surface area contributed by atoms with Crippen LogP contribution in [0.4, 0.5) is 16.6 Å². The molecule has 0 spiro atoms. The van der Waals surface area contributed by atoms with E-state index in [1.165, 1.54) is 11.3 Å². The molecule has 25 heavy (non-hydrogen) atoms. The van der Waals surface area contributed by atoms with Crippen molar-refractivity contribution in [1.29, 1.82) is 0 Å². The van der Waals surface area contributed by atoms with Crippen molar-refractivity contribution in [3.05, 3.63) is 63.8 Å². The Hall–Kier alpha value is -2.44. The number of aryl methyl sites for hydroxylation is 1. The van der Waals surface area contributed by atoms with Crippen LogP contribution >= 0.6 is 22.9 Å². The van der Waals surface area contributed by atoms with Crippen LogP contribution in [-0.2, 0) is 11.2 Å². The van der Waals surface area contributed by atoms with Gasteiger partial charge < -0.3 is 10.6 Å². The number of hydrogen-bond acceptors (Lipinski definition) is 5. The van der Waals surface area contributed by atoms with Crippen molar-refractivity contribution in [1.82, 2.24) is 9.97 Å². The molecule has 1 aromatic carbocycles. The van der Waals surface area contributed by atoms with Gasteiger partial charge in [0.25, 0.3) is 0 Å². The predicted molar refractivity (Wildman–Crippen MR) is 103 cm³/mol. The van der Waals surface area contributed by atoms with E-state index in [4.69, 9.17) is 11.6 Å². The second-order valence-electron chi connectivity index (χ2n) is 5.57. The first-order valence-corrected chi connectivity index (χ1v) is 8.97. The van der Waals surface area contributed by atoms with Crippen LogP contribution in [0.1, 0.15) is 17.0 Å². The van der Waals surface area contributed by atoms with E-state index in [1.807, 2.05) is 49.6 Å². The van der Waals surface area contributed by atoms with Crippen LogP contribution in [0.3, 0.4) is 0 Å². The highest BCUT2D eigenvalue weighted by Gasteiger charge is 2.10. The average molecular weight is 373 g/mol. The summed E-state index contributed by atoms with van der Waals surface area (Å²) >= 11 is 7.51. The first-order chi connectivity index (χ1) is 12.0. The molecule has 128 valence electrons. The summed E-state index contributed by atoms with van der Waals surface area (Å²) in [6, 6.07) is 11.2. The van der Waals surface area contributed by atoms with E-state index in [-0.39, 0.29) is 12.3 Å². The molecule has 2 aromatic heterocycles. The number of anilines is 3. The predicted octanol–water partition coefficient (Wildman–Crippen LogP) is 4.73. The summed E-state index contributed by atoms with van der Waals surface area (Å²) < 4.78 is 0. The van der Waals surface area contributed by atoms with Crippen molar-refractivity contribution in [3.8, 4) is 0 Å². The zero-order valence-corrected chi connectivity index (χ0v) is 15.4. The highest BCUT2D eigenvalue weighted by atomic mass is 35.5. The van der Waals surface area contributed by atoms with Crippen LogP contribution in [0.15, 0.2) is 41.8 Å². The fourth-order valence-corrected chi connectivity index (χ4v) is 3.16. The molecular formula is C18H17ClN4OS. The number of carbonyl (C=O) groups is 1. The van der Waals surface area contributed by atoms with E-state index >= 15 is 0 Å². The molecule has 2 heterocycles. The minimum absolute atomic E-state index is 0.129. The third-order valence-electron chi connectivity index (χ3n) is 3.56. The Morgan fingerprint density at radius 1 is 1.16 bits per heavy atom. The molecule has 0 fully saturated rings. The number of halogens is 1. The van der Waals surface area contributed by atoms with Gasteiger partial charge in [0.1, 0.15) is 5.82 Å². The summed E-state index contributed by atoms with van der Waals surface area (Å²) in [5.41, 5.74) is 3.20. The minimum atomic E-state index is -0.129. The molecule has 0 unspecified atom stereocenters. The molecule has 0 saturated heterocycles. The number of aromatic nitrogens is 2. The number of pyridine rings is 1. The number of carbonyl (C=O) groups excluding carboxylic acids is 1. The Kier molecular flexibility index (Phi) is 5.31. The third kappa shape index (κ3) is 4.55. The molecule has 0 bridgehead atoms. The van der Waals surface area contributed by atoms with Crippen LogP contribution in [-0.4, -0.2) is 15.9 Å². The highest BCUT2D eigenvalue weighted by molar-refractivity contribution is 7.13.